The Morgan fingerprint density at radius 1 is 1.25 bits per heavy atom. The molecule has 1 saturated heterocycles. The molecule has 3 rings (SSSR count). The van der Waals surface area contributed by atoms with Gasteiger partial charge < -0.3 is 15.3 Å². The largest absolute Gasteiger partial charge is 0.481 e. The zero-order chi connectivity index (χ0) is 17.1. The summed E-state index contributed by atoms with van der Waals surface area (Å²) in [4.78, 5) is 16.8. The van der Waals surface area contributed by atoms with Gasteiger partial charge in [0, 0.05) is 6.04 Å². The topological polar surface area (TPSA) is 70.9 Å². The number of nitrogens with zero attached hydrogens (tertiary/aromatic N) is 1. The summed E-state index contributed by atoms with van der Waals surface area (Å²) in [6, 6.07) is 14.1. The molecule has 1 aliphatic heterocycles. The molecule has 1 fully saturated rings. The van der Waals surface area contributed by atoms with E-state index in [1.807, 2.05) is 25.1 Å². The van der Waals surface area contributed by atoms with Crippen LogP contribution in [-0.2, 0) is 16.2 Å². The molecule has 3 atom stereocenters. The van der Waals surface area contributed by atoms with Crippen molar-refractivity contribution < 1.29 is 14.7 Å². The lowest BCUT2D eigenvalue weighted by molar-refractivity contribution is -0.146. The number of rotatable bonds is 6. The Kier molecular flexibility index (Phi) is 4.81. The molecule has 1 heterocycles. The summed E-state index contributed by atoms with van der Waals surface area (Å²) in [5.41, 5.74) is 1.71. The zero-order valence-corrected chi connectivity index (χ0v) is 13.9. The van der Waals surface area contributed by atoms with Crippen molar-refractivity contribution >= 4 is 22.5 Å². The third-order valence-corrected chi connectivity index (χ3v) is 4.61. The van der Waals surface area contributed by atoms with Crippen LogP contribution in [0.1, 0.15) is 25.8 Å². The van der Waals surface area contributed by atoms with Gasteiger partial charge in [0.2, 0.25) is 0 Å². The van der Waals surface area contributed by atoms with Crippen molar-refractivity contribution in [2.45, 2.75) is 39.0 Å². The number of aliphatic carboxylic acids is 1. The first-order chi connectivity index (χ1) is 11.6. The van der Waals surface area contributed by atoms with E-state index >= 15 is 0 Å². The third-order valence-electron chi connectivity index (χ3n) is 4.61. The number of oxime groups is 1. The Balaban J connectivity index is 1.61. The highest BCUT2D eigenvalue weighted by atomic mass is 16.6. The van der Waals surface area contributed by atoms with Crippen molar-refractivity contribution in [3.63, 3.8) is 0 Å². The third kappa shape index (κ3) is 3.26. The lowest BCUT2D eigenvalue weighted by Gasteiger charge is -2.42. The predicted octanol–water partition coefficient (Wildman–Crippen LogP) is 3.18. The fourth-order valence-corrected chi connectivity index (χ4v) is 3.21. The molecule has 0 amide bonds. The van der Waals surface area contributed by atoms with E-state index in [9.17, 15) is 9.90 Å². The predicted molar refractivity (Wildman–Crippen MR) is 94.0 cm³/mol. The van der Waals surface area contributed by atoms with Crippen molar-refractivity contribution in [2.75, 3.05) is 0 Å². The lowest BCUT2D eigenvalue weighted by Crippen LogP contribution is -2.66. The number of hydrogen-bond acceptors (Lipinski definition) is 4. The molecule has 126 valence electrons. The fraction of sp³-hybridized carbons (Fsp3) is 0.368. The van der Waals surface area contributed by atoms with E-state index in [0.29, 0.717) is 12.3 Å². The van der Waals surface area contributed by atoms with Crippen LogP contribution >= 0.6 is 0 Å². The van der Waals surface area contributed by atoms with Gasteiger partial charge in [-0.1, -0.05) is 48.5 Å². The van der Waals surface area contributed by atoms with Gasteiger partial charge in [-0.3, -0.25) is 4.79 Å². The highest BCUT2D eigenvalue weighted by Crippen LogP contribution is 2.25. The molecule has 2 aromatic carbocycles. The molecule has 0 radical (unpaired) electrons. The van der Waals surface area contributed by atoms with Crippen molar-refractivity contribution in [1.29, 1.82) is 0 Å². The first-order valence-corrected chi connectivity index (χ1v) is 8.23. The van der Waals surface area contributed by atoms with E-state index in [1.165, 1.54) is 5.39 Å². The first-order valence-electron chi connectivity index (χ1n) is 8.23. The molecule has 1 aliphatic rings. The summed E-state index contributed by atoms with van der Waals surface area (Å²) in [6.45, 7) is 4.15. The van der Waals surface area contributed by atoms with Gasteiger partial charge in [0.15, 0.2) is 0 Å². The smallest absolute Gasteiger partial charge is 0.310 e. The second kappa shape index (κ2) is 7.01. The van der Waals surface area contributed by atoms with E-state index in [2.05, 4.69) is 34.7 Å². The maximum absolute atomic E-state index is 11.3. The lowest BCUT2D eigenvalue weighted by atomic mass is 9.79. The highest BCUT2D eigenvalue weighted by molar-refractivity contribution is 5.93. The average molecular weight is 326 g/mol. The number of nitrogens with one attached hydrogen (secondary N) is 1. The average Bonchev–Trinajstić information content (AvgIpc) is 2.53. The molecule has 5 heteroatoms. The van der Waals surface area contributed by atoms with Crippen LogP contribution in [-0.4, -0.2) is 28.9 Å². The van der Waals surface area contributed by atoms with Gasteiger partial charge in [-0.15, -0.1) is 0 Å². The van der Waals surface area contributed by atoms with Crippen LogP contribution in [0.4, 0.5) is 0 Å². The van der Waals surface area contributed by atoms with E-state index in [-0.39, 0.29) is 12.1 Å². The van der Waals surface area contributed by atoms with Gasteiger partial charge in [-0.25, -0.2) is 0 Å². The van der Waals surface area contributed by atoms with Crippen LogP contribution in [0, 0.1) is 5.92 Å². The minimum atomic E-state index is -0.783. The molecule has 2 aromatic rings. The Morgan fingerprint density at radius 3 is 2.71 bits per heavy atom. The summed E-state index contributed by atoms with van der Waals surface area (Å²) < 4.78 is 0. The van der Waals surface area contributed by atoms with Crippen LogP contribution < -0.4 is 5.32 Å². The van der Waals surface area contributed by atoms with E-state index in [0.717, 1.165) is 17.4 Å². The Labute approximate surface area is 141 Å². The SMILES string of the molecule is CCC1NC(C(C)=NOCc2ccc3ccccc3c2)C1C(=O)O. The number of carboxylic acids is 1. The molecule has 24 heavy (non-hydrogen) atoms. The van der Waals surface area contributed by atoms with Crippen molar-refractivity contribution in [1.82, 2.24) is 5.32 Å². The number of fused-ring (bicyclic) bond motifs is 1. The normalized spacial score (nSPS) is 23.8. The van der Waals surface area contributed by atoms with Crippen molar-refractivity contribution in [2.24, 2.45) is 11.1 Å². The van der Waals surface area contributed by atoms with Crippen LogP contribution in [0.3, 0.4) is 0 Å². The molecular weight excluding hydrogens is 304 g/mol. The second-order valence-corrected chi connectivity index (χ2v) is 6.21. The molecular formula is C19H22N2O3. The van der Waals surface area contributed by atoms with Crippen molar-refractivity contribution in [3.8, 4) is 0 Å². The number of carboxylic acid groups (broad SMARTS) is 1. The maximum atomic E-state index is 11.3. The Bertz CT molecular complexity index is 772. The summed E-state index contributed by atoms with van der Waals surface area (Å²) in [6.07, 6.45) is 0.790. The molecule has 0 aliphatic carbocycles. The Morgan fingerprint density at radius 2 is 2.00 bits per heavy atom. The molecule has 0 aromatic heterocycles. The second-order valence-electron chi connectivity index (χ2n) is 6.21. The minimum absolute atomic E-state index is 0.0122. The van der Waals surface area contributed by atoms with Crippen LogP contribution in [0.5, 0.6) is 0 Å². The van der Waals surface area contributed by atoms with Gasteiger partial charge in [0.1, 0.15) is 6.61 Å². The van der Waals surface area contributed by atoms with Crippen molar-refractivity contribution in [3.05, 3.63) is 48.0 Å². The van der Waals surface area contributed by atoms with Crippen LogP contribution in [0.15, 0.2) is 47.6 Å². The molecule has 2 N–H and O–H groups in total. The van der Waals surface area contributed by atoms with Crippen LogP contribution in [0.2, 0.25) is 0 Å². The summed E-state index contributed by atoms with van der Waals surface area (Å²) >= 11 is 0. The standard InChI is InChI=1S/C19H22N2O3/c1-3-16-17(19(22)23)18(20-16)12(2)21-24-11-13-8-9-14-6-4-5-7-15(14)10-13/h4-10,16-18,20H,3,11H2,1-2H3,(H,22,23). The minimum Gasteiger partial charge on any atom is -0.481 e. The number of benzene rings is 2. The molecule has 0 spiro atoms. The van der Waals surface area contributed by atoms with Gasteiger partial charge in [-0.05, 0) is 35.7 Å². The number of carbonyl (C=O) groups is 1. The summed E-state index contributed by atoms with van der Waals surface area (Å²) in [7, 11) is 0. The van der Waals surface area contributed by atoms with E-state index < -0.39 is 11.9 Å². The quantitative estimate of drug-likeness (QED) is 0.632. The number of hydrogen-bond donors (Lipinski definition) is 2. The van der Waals surface area contributed by atoms with Gasteiger partial charge in [0.05, 0.1) is 17.7 Å². The summed E-state index contributed by atoms with van der Waals surface area (Å²) in [5.74, 6) is -1.21. The first kappa shape index (κ1) is 16.5. The molecule has 5 nitrogen and oxygen atoms in total. The van der Waals surface area contributed by atoms with E-state index in [1.54, 1.807) is 6.92 Å². The summed E-state index contributed by atoms with van der Waals surface area (Å²) in [5, 5.41) is 19.0. The molecule has 0 bridgehead atoms. The fourth-order valence-electron chi connectivity index (χ4n) is 3.21. The van der Waals surface area contributed by atoms with Crippen LogP contribution in [0.25, 0.3) is 10.8 Å². The molecule has 3 unspecified atom stereocenters. The molecule has 0 saturated carbocycles. The van der Waals surface area contributed by atoms with Gasteiger partial charge in [-0.2, -0.15) is 0 Å². The highest BCUT2D eigenvalue weighted by Gasteiger charge is 2.46. The Hall–Kier alpha value is -2.40. The van der Waals surface area contributed by atoms with Gasteiger partial charge in [0.25, 0.3) is 0 Å². The zero-order valence-electron chi connectivity index (χ0n) is 13.9. The van der Waals surface area contributed by atoms with Gasteiger partial charge >= 0.3 is 5.97 Å². The maximum Gasteiger partial charge on any atom is 0.310 e. The van der Waals surface area contributed by atoms with E-state index in [4.69, 9.17) is 4.84 Å². The monoisotopic (exact) mass is 326 g/mol.